The van der Waals surface area contributed by atoms with Crippen LogP contribution in [-0.4, -0.2) is 20.3 Å². The molecule has 21 heavy (non-hydrogen) atoms. The fourth-order valence-electron chi connectivity index (χ4n) is 2.28. The van der Waals surface area contributed by atoms with Gasteiger partial charge in [-0.05, 0) is 23.3 Å². The van der Waals surface area contributed by atoms with E-state index in [9.17, 15) is 0 Å². The third-order valence-electron chi connectivity index (χ3n) is 3.37. The fourth-order valence-corrected chi connectivity index (χ4v) is 2.28. The van der Waals surface area contributed by atoms with Gasteiger partial charge in [-0.2, -0.15) is 0 Å². The van der Waals surface area contributed by atoms with Gasteiger partial charge in [-0.3, -0.25) is 0 Å². The largest absolute Gasteiger partial charge is 0.486 e. The van der Waals surface area contributed by atoms with Crippen LogP contribution in [0.15, 0.2) is 42.5 Å². The van der Waals surface area contributed by atoms with E-state index in [2.05, 4.69) is 29.6 Å². The highest BCUT2D eigenvalue weighted by Crippen LogP contribution is 2.32. The Labute approximate surface area is 124 Å². The van der Waals surface area contributed by atoms with E-state index in [1.807, 2.05) is 18.2 Å². The van der Waals surface area contributed by atoms with Crippen LogP contribution in [0, 0.1) is 0 Å². The molecule has 4 heteroatoms. The van der Waals surface area contributed by atoms with Crippen molar-refractivity contribution in [1.29, 1.82) is 0 Å². The van der Waals surface area contributed by atoms with Crippen LogP contribution in [0.1, 0.15) is 11.1 Å². The molecule has 0 unspecified atom stereocenters. The van der Waals surface area contributed by atoms with Crippen LogP contribution in [0.25, 0.3) is 0 Å². The number of hydrogen-bond donors (Lipinski definition) is 1. The van der Waals surface area contributed by atoms with Crippen molar-refractivity contribution in [2.75, 3.05) is 25.6 Å². The van der Waals surface area contributed by atoms with Gasteiger partial charge in [0.2, 0.25) is 0 Å². The van der Waals surface area contributed by atoms with Crippen molar-refractivity contribution < 1.29 is 14.2 Å². The molecule has 4 nitrogen and oxygen atoms in total. The molecule has 0 spiro atoms. The minimum atomic E-state index is 0.609. The molecule has 0 amide bonds. The minimum absolute atomic E-state index is 0.609. The highest BCUT2D eigenvalue weighted by Gasteiger charge is 2.11. The van der Waals surface area contributed by atoms with Crippen molar-refractivity contribution in [1.82, 2.24) is 0 Å². The van der Waals surface area contributed by atoms with E-state index in [4.69, 9.17) is 14.2 Å². The zero-order valence-corrected chi connectivity index (χ0v) is 12.1. The predicted octanol–water partition coefficient (Wildman–Crippen LogP) is 3.22. The van der Waals surface area contributed by atoms with E-state index in [0.29, 0.717) is 19.8 Å². The van der Waals surface area contributed by atoms with E-state index in [0.717, 1.165) is 23.7 Å². The Kier molecular flexibility index (Phi) is 4.26. The monoisotopic (exact) mass is 285 g/mol. The van der Waals surface area contributed by atoms with Crippen molar-refractivity contribution in [2.45, 2.75) is 13.2 Å². The van der Waals surface area contributed by atoms with Gasteiger partial charge in [0.15, 0.2) is 11.5 Å². The van der Waals surface area contributed by atoms with Gasteiger partial charge >= 0.3 is 0 Å². The van der Waals surface area contributed by atoms with Gasteiger partial charge in [0.05, 0.1) is 6.61 Å². The topological polar surface area (TPSA) is 39.7 Å². The summed E-state index contributed by atoms with van der Waals surface area (Å²) in [6, 6.07) is 14.3. The van der Waals surface area contributed by atoms with Crippen LogP contribution in [0.2, 0.25) is 0 Å². The summed E-state index contributed by atoms with van der Waals surface area (Å²) in [4.78, 5) is 0. The van der Waals surface area contributed by atoms with Gasteiger partial charge in [0.25, 0.3) is 0 Å². The maximum absolute atomic E-state index is 5.58. The maximum atomic E-state index is 5.58. The van der Waals surface area contributed by atoms with Crippen molar-refractivity contribution in [3.8, 4) is 11.5 Å². The average Bonchev–Trinajstić information content (AvgIpc) is 2.54. The molecule has 0 atom stereocenters. The summed E-state index contributed by atoms with van der Waals surface area (Å²) in [5, 5.41) is 3.40. The average molecular weight is 285 g/mol. The maximum Gasteiger partial charge on any atom is 0.163 e. The Balaban J connectivity index is 1.61. The molecule has 2 aromatic carbocycles. The van der Waals surface area contributed by atoms with Crippen molar-refractivity contribution in [2.24, 2.45) is 0 Å². The summed E-state index contributed by atoms with van der Waals surface area (Å²) in [7, 11) is 1.71. The van der Waals surface area contributed by atoms with Gasteiger partial charge in [-0.25, -0.2) is 0 Å². The fraction of sp³-hybridized carbons (Fsp3) is 0.294. The molecule has 0 saturated heterocycles. The number of ether oxygens (including phenoxy) is 3. The molecular formula is C17H19NO3. The number of hydrogen-bond acceptors (Lipinski definition) is 4. The lowest BCUT2D eigenvalue weighted by atomic mass is 10.1. The first-order valence-electron chi connectivity index (χ1n) is 7.05. The van der Waals surface area contributed by atoms with Crippen LogP contribution in [0.3, 0.4) is 0 Å². The number of rotatable bonds is 5. The Morgan fingerprint density at radius 1 is 0.952 bits per heavy atom. The van der Waals surface area contributed by atoms with Crippen molar-refractivity contribution in [3.05, 3.63) is 53.6 Å². The molecule has 1 aliphatic heterocycles. The van der Waals surface area contributed by atoms with Crippen LogP contribution in [0.5, 0.6) is 11.5 Å². The molecule has 0 fully saturated rings. The zero-order valence-electron chi connectivity index (χ0n) is 12.1. The van der Waals surface area contributed by atoms with Gasteiger partial charge in [0, 0.05) is 25.4 Å². The van der Waals surface area contributed by atoms with Crippen LogP contribution >= 0.6 is 0 Å². The van der Waals surface area contributed by atoms with Crippen LogP contribution < -0.4 is 14.8 Å². The molecule has 1 heterocycles. The third kappa shape index (κ3) is 3.47. The SMILES string of the molecule is COCc1ccc(CNc2ccc3c(c2)OCCO3)cc1. The van der Waals surface area contributed by atoms with Gasteiger partial charge in [0.1, 0.15) is 13.2 Å². The molecule has 0 radical (unpaired) electrons. The Morgan fingerprint density at radius 3 is 2.43 bits per heavy atom. The molecule has 2 aromatic rings. The summed E-state index contributed by atoms with van der Waals surface area (Å²) < 4.78 is 16.2. The van der Waals surface area contributed by atoms with Gasteiger partial charge in [-0.15, -0.1) is 0 Å². The molecule has 0 aromatic heterocycles. The summed E-state index contributed by atoms with van der Waals surface area (Å²) in [5.41, 5.74) is 3.44. The molecule has 3 rings (SSSR count). The first kappa shape index (κ1) is 13.8. The second kappa shape index (κ2) is 6.50. The normalized spacial score (nSPS) is 13.0. The molecule has 0 aliphatic carbocycles. The predicted molar refractivity (Wildman–Crippen MR) is 81.9 cm³/mol. The zero-order chi connectivity index (χ0) is 14.5. The Morgan fingerprint density at radius 2 is 1.67 bits per heavy atom. The quantitative estimate of drug-likeness (QED) is 0.915. The number of nitrogens with one attached hydrogen (secondary N) is 1. The number of benzene rings is 2. The van der Waals surface area contributed by atoms with E-state index in [1.165, 1.54) is 11.1 Å². The summed E-state index contributed by atoms with van der Waals surface area (Å²) >= 11 is 0. The molecule has 0 saturated carbocycles. The smallest absolute Gasteiger partial charge is 0.163 e. The van der Waals surface area contributed by atoms with Gasteiger partial charge < -0.3 is 19.5 Å². The summed E-state index contributed by atoms with van der Waals surface area (Å²) in [5.74, 6) is 1.62. The first-order chi connectivity index (χ1) is 10.3. The number of methoxy groups -OCH3 is 1. The van der Waals surface area contributed by atoms with E-state index in [1.54, 1.807) is 7.11 Å². The standard InChI is InChI=1S/C17H19NO3/c1-19-12-14-4-2-13(3-5-14)11-18-15-6-7-16-17(10-15)21-9-8-20-16/h2-7,10,18H,8-9,11-12H2,1H3. The summed E-state index contributed by atoms with van der Waals surface area (Å²) in [6.45, 7) is 2.65. The molecule has 1 aliphatic rings. The van der Waals surface area contributed by atoms with Crippen molar-refractivity contribution >= 4 is 5.69 Å². The molecule has 0 bridgehead atoms. The lowest BCUT2D eigenvalue weighted by molar-refractivity contribution is 0.171. The van der Waals surface area contributed by atoms with Crippen LogP contribution in [-0.2, 0) is 17.9 Å². The molecular weight excluding hydrogens is 266 g/mol. The lowest BCUT2D eigenvalue weighted by Crippen LogP contribution is -2.15. The lowest BCUT2D eigenvalue weighted by Gasteiger charge is -2.19. The first-order valence-corrected chi connectivity index (χ1v) is 7.05. The highest BCUT2D eigenvalue weighted by molar-refractivity contribution is 5.55. The number of anilines is 1. The van der Waals surface area contributed by atoms with Crippen molar-refractivity contribution in [3.63, 3.8) is 0 Å². The minimum Gasteiger partial charge on any atom is -0.486 e. The van der Waals surface area contributed by atoms with Gasteiger partial charge in [-0.1, -0.05) is 24.3 Å². The second-order valence-corrected chi connectivity index (χ2v) is 4.96. The van der Waals surface area contributed by atoms with E-state index < -0.39 is 0 Å². The van der Waals surface area contributed by atoms with Crippen LogP contribution in [0.4, 0.5) is 5.69 Å². The summed E-state index contributed by atoms with van der Waals surface area (Å²) in [6.07, 6.45) is 0. The molecule has 1 N–H and O–H groups in total. The Hall–Kier alpha value is -2.20. The highest BCUT2D eigenvalue weighted by atomic mass is 16.6. The Bertz CT molecular complexity index is 595. The number of fused-ring (bicyclic) bond motifs is 1. The van der Waals surface area contributed by atoms with E-state index in [-0.39, 0.29) is 0 Å². The molecule has 110 valence electrons. The van der Waals surface area contributed by atoms with E-state index >= 15 is 0 Å². The second-order valence-electron chi connectivity index (χ2n) is 4.96. The third-order valence-corrected chi connectivity index (χ3v) is 3.37.